The quantitative estimate of drug-likeness (QED) is 0.216. The summed E-state index contributed by atoms with van der Waals surface area (Å²) in [4.78, 5) is 27.3. The molecule has 0 radical (unpaired) electrons. The molecule has 34 heavy (non-hydrogen) atoms. The molecule has 0 fully saturated rings. The van der Waals surface area contributed by atoms with Crippen molar-refractivity contribution in [3.05, 3.63) is 105 Å². The number of halogens is 2. The maximum atomic E-state index is 12.6. The first kappa shape index (κ1) is 23.1. The minimum absolute atomic E-state index is 0.0120. The van der Waals surface area contributed by atoms with E-state index in [1.807, 2.05) is 0 Å². The monoisotopic (exact) mass is 499 g/mol. The highest BCUT2D eigenvalue weighted by molar-refractivity contribution is 6.35. The molecule has 9 nitrogen and oxygen atoms in total. The van der Waals surface area contributed by atoms with E-state index in [-0.39, 0.29) is 29.5 Å². The Labute approximate surface area is 203 Å². The van der Waals surface area contributed by atoms with Crippen molar-refractivity contribution >= 4 is 40.5 Å². The molecule has 1 N–H and O–H groups in total. The second-order valence-corrected chi connectivity index (χ2v) is 7.69. The normalized spacial score (nSPS) is 10.5. The highest BCUT2D eigenvalue weighted by atomic mass is 35.5. The van der Waals surface area contributed by atoms with Gasteiger partial charge in [0.2, 0.25) is 0 Å². The number of aromatic nitrogens is 1. The van der Waals surface area contributed by atoms with Crippen molar-refractivity contribution in [3.63, 3.8) is 0 Å². The summed E-state index contributed by atoms with van der Waals surface area (Å²) in [6.07, 6.45) is 3.03. The van der Waals surface area contributed by atoms with Crippen molar-refractivity contribution in [1.82, 2.24) is 4.98 Å². The molecule has 0 unspecified atom stereocenters. The number of furan rings is 1. The Balaban J connectivity index is 1.45. The van der Waals surface area contributed by atoms with Gasteiger partial charge in [-0.05, 0) is 42.5 Å². The summed E-state index contributed by atoms with van der Waals surface area (Å²) in [5.74, 6) is 0.704. The van der Waals surface area contributed by atoms with Crippen LogP contribution in [0, 0.1) is 10.1 Å². The molecular weight excluding hydrogens is 485 g/mol. The van der Waals surface area contributed by atoms with Gasteiger partial charge in [-0.2, -0.15) is 0 Å². The number of nitro benzene ring substituents is 1. The van der Waals surface area contributed by atoms with E-state index in [4.69, 9.17) is 37.1 Å². The van der Waals surface area contributed by atoms with Crippen molar-refractivity contribution < 1.29 is 23.6 Å². The molecule has 0 aliphatic heterocycles. The molecule has 0 spiro atoms. The number of nitro groups is 1. The fourth-order valence-corrected chi connectivity index (χ4v) is 3.34. The van der Waals surface area contributed by atoms with E-state index in [1.54, 1.807) is 42.6 Å². The van der Waals surface area contributed by atoms with Crippen LogP contribution in [0.25, 0.3) is 0 Å². The Morgan fingerprint density at radius 3 is 2.68 bits per heavy atom. The van der Waals surface area contributed by atoms with Gasteiger partial charge in [0.1, 0.15) is 29.6 Å². The summed E-state index contributed by atoms with van der Waals surface area (Å²) < 4.78 is 16.7. The number of hydrogen-bond donors (Lipinski definition) is 1. The fraction of sp³-hybridized carbons (Fsp3) is 0.0435. The summed E-state index contributed by atoms with van der Waals surface area (Å²) in [7, 11) is 0. The topological polar surface area (TPSA) is 117 Å². The van der Waals surface area contributed by atoms with Crippen LogP contribution < -0.4 is 14.8 Å². The summed E-state index contributed by atoms with van der Waals surface area (Å²) >= 11 is 11.9. The maximum Gasteiger partial charge on any atom is 0.291 e. The maximum absolute atomic E-state index is 12.6. The zero-order chi connectivity index (χ0) is 24.1. The molecule has 0 aliphatic carbocycles. The Hall–Kier alpha value is -4.08. The van der Waals surface area contributed by atoms with Crippen molar-refractivity contribution in [2.75, 3.05) is 5.32 Å². The lowest BCUT2D eigenvalue weighted by Gasteiger charge is -2.09. The Morgan fingerprint density at radius 2 is 1.94 bits per heavy atom. The second-order valence-electron chi connectivity index (χ2n) is 6.85. The molecule has 0 bridgehead atoms. The number of nitrogens with zero attached hydrogens (tertiary/aromatic N) is 2. The first-order chi connectivity index (χ1) is 16.4. The molecule has 2 aromatic heterocycles. The average molecular weight is 500 g/mol. The lowest BCUT2D eigenvalue weighted by molar-refractivity contribution is -0.384. The summed E-state index contributed by atoms with van der Waals surface area (Å²) in [6.45, 7) is 0.0224. The molecule has 2 aromatic carbocycles. The molecule has 11 heteroatoms. The number of non-ortho nitro benzene ring substituents is 1. The van der Waals surface area contributed by atoms with Crippen LogP contribution in [0.5, 0.6) is 17.2 Å². The van der Waals surface area contributed by atoms with E-state index in [0.717, 1.165) is 0 Å². The summed E-state index contributed by atoms with van der Waals surface area (Å²) in [6, 6.07) is 15.0. The molecule has 0 aliphatic rings. The summed E-state index contributed by atoms with van der Waals surface area (Å²) in [5.41, 5.74) is -0.106. The number of anilines is 1. The van der Waals surface area contributed by atoms with E-state index in [9.17, 15) is 14.9 Å². The molecule has 1 amide bonds. The number of ether oxygens (including phenoxy) is 2. The van der Waals surface area contributed by atoms with Gasteiger partial charge in [-0.1, -0.05) is 23.2 Å². The molecule has 4 aromatic rings. The molecule has 0 atom stereocenters. The number of pyridine rings is 1. The van der Waals surface area contributed by atoms with Crippen LogP contribution >= 0.6 is 23.2 Å². The van der Waals surface area contributed by atoms with Crippen LogP contribution in [0.4, 0.5) is 11.4 Å². The molecule has 2 heterocycles. The average Bonchev–Trinajstić information content (AvgIpc) is 3.28. The molecule has 172 valence electrons. The van der Waals surface area contributed by atoms with E-state index in [1.165, 1.54) is 30.5 Å². The zero-order valence-electron chi connectivity index (χ0n) is 17.2. The second kappa shape index (κ2) is 10.2. The molecule has 0 saturated carbocycles. The van der Waals surface area contributed by atoms with E-state index < -0.39 is 10.8 Å². The Bertz CT molecular complexity index is 1340. The van der Waals surface area contributed by atoms with E-state index >= 15 is 0 Å². The van der Waals surface area contributed by atoms with Gasteiger partial charge in [0.25, 0.3) is 11.6 Å². The first-order valence-corrected chi connectivity index (χ1v) is 10.5. The standard InChI is InChI=1S/C23H15Cl2N3O6/c24-14-3-5-21(20(25)8-14)32-13-18-4-6-22(34-18)23(29)27-15-9-16(28(30)31)11-19(10-15)33-17-2-1-7-26-12-17/h1-12H,13H2,(H,27,29). The highest BCUT2D eigenvalue weighted by Crippen LogP contribution is 2.30. The van der Waals surface area contributed by atoms with Crippen LogP contribution in [0.15, 0.2) is 77.5 Å². The third-order valence-electron chi connectivity index (χ3n) is 4.38. The van der Waals surface area contributed by atoms with Gasteiger partial charge in [0.15, 0.2) is 5.76 Å². The van der Waals surface area contributed by atoms with Gasteiger partial charge in [-0.25, -0.2) is 0 Å². The number of carbonyl (C=O) groups excluding carboxylic acids is 1. The van der Waals surface area contributed by atoms with Gasteiger partial charge < -0.3 is 19.2 Å². The van der Waals surface area contributed by atoms with Gasteiger partial charge in [0, 0.05) is 23.4 Å². The predicted octanol–water partition coefficient (Wildman–Crippen LogP) is 6.51. The number of rotatable bonds is 8. The van der Waals surface area contributed by atoms with Crippen molar-refractivity contribution in [2.45, 2.75) is 6.61 Å². The minimum Gasteiger partial charge on any atom is -0.484 e. The van der Waals surface area contributed by atoms with E-state index in [2.05, 4.69) is 10.3 Å². The number of hydrogen-bond acceptors (Lipinski definition) is 7. The van der Waals surface area contributed by atoms with Crippen LogP contribution in [-0.4, -0.2) is 15.8 Å². The van der Waals surface area contributed by atoms with Gasteiger partial charge in [-0.3, -0.25) is 19.9 Å². The predicted molar refractivity (Wildman–Crippen MR) is 125 cm³/mol. The third kappa shape index (κ3) is 5.83. The van der Waals surface area contributed by atoms with Gasteiger partial charge in [-0.15, -0.1) is 0 Å². The SMILES string of the molecule is O=C(Nc1cc(Oc2cccnc2)cc([N+](=O)[O-])c1)c1ccc(COc2ccc(Cl)cc2Cl)o1. The Morgan fingerprint density at radius 1 is 1.09 bits per heavy atom. The van der Waals surface area contributed by atoms with Crippen molar-refractivity contribution in [1.29, 1.82) is 0 Å². The smallest absolute Gasteiger partial charge is 0.291 e. The summed E-state index contributed by atoms with van der Waals surface area (Å²) in [5, 5.41) is 14.7. The van der Waals surface area contributed by atoms with Crippen LogP contribution in [0.1, 0.15) is 16.3 Å². The molecular formula is C23H15Cl2N3O6. The minimum atomic E-state index is -0.608. The van der Waals surface area contributed by atoms with E-state index in [0.29, 0.717) is 27.3 Å². The van der Waals surface area contributed by atoms with Crippen molar-refractivity contribution in [3.8, 4) is 17.2 Å². The largest absolute Gasteiger partial charge is 0.484 e. The van der Waals surface area contributed by atoms with Crippen LogP contribution in [0.3, 0.4) is 0 Å². The third-order valence-corrected chi connectivity index (χ3v) is 4.91. The van der Waals surface area contributed by atoms with Gasteiger partial charge >= 0.3 is 0 Å². The zero-order valence-corrected chi connectivity index (χ0v) is 18.7. The molecule has 0 saturated heterocycles. The van der Waals surface area contributed by atoms with Crippen LogP contribution in [-0.2, 0) is 6.61 Å². The van der Waals surface area contributed by atoms with Crippen molar-refractivity contribution in [2.24, 2.45) is 0 Å². The number of amides is 1. The number of nitrogens with one attached hydrogen (secondary N) is 1. The van der Waals surface area contributed by atoms with Gasteiger partial charge in [0.05, 0.1) is 27.9 Å². The van der Waals surface area contributed by atoms with Crippen LogP contribution in [0.2, 0.25) is 10.0 Å². The number of benzene rings is 2. The highest BCUT2D eigenvalue weighted by Gasteiger charge is 2.16. The Kier molecular flexibility index (Phi) is 6.95. The lowest BCUT2D eigenvalue weighted by Crippen LogP contribution is -2.11. The lowest BCUT2D eigenvalue weighted by atomic mass is 10.2. The molecule has 4 rings (SSSR count). The first-order valence-electron chi connectivity index (χ1n) is 9.72. The fourth-order valence-electron chi connectivity index (χ4n) is 2.87. The number of carbonyl (C=O) groups is 1.